The minimum atomic E-state index is -1.29. The summed E-state index contributed by atoms with van der Waals surface area (Å²) in [4.78, 5) is 35.9. The molecule has 0 saturated heterocycles. The standard InChI is InChI=1S/C23H32BrN3O6/c1-13-16(20(21(29)32-8)33-23(5,6)7)17(24)14(18(25)19(13)27(30)31)9-10-15(28)26-12-11-22(2,3)4/h20H,11-12,25H2,1-8H3,(H,26,28)/t20-/m0/s1. The average Bonchev–Trinajstić information content (AvgIpc) is 2.64. The zero-order chi connectivity index (χ0) is 25.7. The summed E-state index contributed by atoms with van der Waals surface area (Å²) >= 11 is 3.38. The summed E-state index contributed by atoms with van der Waals surface area (Å²) in [5.74, 6) is 3.75. The summed E-state index contributed by atoms with van der Waals surface area (Å²) in [6, 6.07) is 0. The van der Waals surface area contributed by atoms with E-state index in [1.807, 2.05) is 20.8 Å². The Balaban J connectivity index is 3.62. The van der Waals surface area contributed by atoms with Gasteiger partial charge in [0.05, 0.1) is 23.2 Å². The Bertz CT molecular complexity index is 997. The zero-order valence-electron chi connectivity index (χ0n) is 20.3. The first-order valence-corrected chi connectivity index (χ1v) is 11.1. The van der Waals surface area contributed by atoms with E-state index in [2.05, 4.69) is 33.1 Å². The molecule has 0 aromatic heterocycles. The zero-order valence-corrected chi connectivity index (χ0v) is 21.9. The van der Waals surface area contributed by atoms with Crippen LogP contribution in [0.4, 0.5) is 11.4 Å². The molecule has 9 nitrogen and oxygen atoms in total. The lowest BCUT2D eigenvalue weighted by atomic mass is 9.92. The second-order valence-electron chi connectivity index (χ2n) is 9.70. The van der Waals surface area contributed by atoms with Crippen molar-refractivity contribution in [2.75, 3.05) is 19.4 Å². The number of nitrogens with one attached hydrogen (secondary N) is 1. The summed E-state index contributed by atoms with van der Waals surface area (Å²) in [5, 5.41) is 14.5. The molecule has 0 heterocycles. The van der Waals surface area contributed by atoms with E-state index < -0.39 is 34.2 Å². The van der Waals surface area contributed by atoms with Crippen LogP contribution in [0.2, 0.25) is 0 Å². The summed E-state index contributed by atoms with van der Waals surface area (Å²) in [7, 11) is 1.19. The van der Waals surface area contributed by atoms with E-state index in [4.69, 9.17) is 15.2 Å². The third-order valence-corrected chi connectivity index (χ3v) is 5.36. The quantitative estimate of drug-likeness (QED) is 0.187. The number of nitrogens with two attached hydrogens (primary N) is 1. The topological polar surface area (TPSA) is 134 Å². The minimum absolute atomic E-state index is 0.0136. The number of nitro groups is 1. The van der Waals surface area contributed by atoms with Crippen molar-refractivity contribution in [3.05, 3.63) is 31.3 Å². The van der Waals surface area contributed by atoms with Crippen LogP contribution in [-0.4, -0.2) is 36.1 Å². The van der Waals surface area contributed by atoms with Crippen molar-refractivity contribution in [2.45, 2.75) is 66.6 Å². The van der Waals surface area contributed by atoms with Gasteiger partial charge < -0.3 is 20.5 Å². The van der Waals surface area contributed by atoms with Crippen LogP contribution >= 0.6 is 15.9 Å². The summed E-state index contributed by atoms with van der Waals surface area (Å²) in [6.07, 6.45) is -0.540. The van der Waals surface area contributed by atoms with Crippen molar-refractivity contribution in [2.24, 2.45) is 5.41 Å². The van der Waals surface area contributed by atoms with Gasteiger partial charge in [0.15, 0.2) is 6.10 Å². The van der Waals surface area contributed by atoms with Crippen LogP contribution in [0.25, 0.3) is 0 Å². The number of hydrogen-bond acceptors (Lipinski definition) is 7. The van der Waals surface area contributed by atoms with Crippen LogP contribution in [0.3, 0.4) is 0 Å². The molecule has 0 bridgehead atoms. The SMILES string of the molecule is COC(=O)[C@@H](OC(C)(C)C)c1c(C)c([N+](=O)[O-])c(N)c(C#CC(=O)NCCC(C)(C)C)c1Br. The molecule has 0 aliphatic rings. The van der Waals surface area contributed by atoms with Crippen LogP contribution in [0.1, 0.15) is 70.8 Å². The maximum Gasteiger partial charge on any atom is 0.339 e. The third-order valence-electron chi connectivity index (χ3n) is 4.53. The summed E-state index contributed by atoms with van der Waals surface area (Å²) in [6.45, 7) is 13.2. The molecule has 182 valence electrons. The number of esters is 1. The van der Waals surface area contributed by atoms with Gasteiger partial charge in [-0.3, -0.25) is 14.9 Å². The van der Waals surface area contributed by atoms with E-state index in [-0.39, 0.29) is 32.3 Å². The first kappa shape index (κ1) is 28.4. The van der Waals surface area contributed by atoms with Crippen molar-refractivity contribution in [1.82, 2.24) is 5.32 Å². The third kappa shape index (κ3) is 8.02. The van der Waals surface area contributed by atoms with Gasteiger partial charge in [0, 0.05) is 28.1 Å². The Morgan fingerprint density at radius 2 is 1.82 bits per heavy atom. The van der Waals surface area contributed by atoms with Gasteiger partial charge in [0.2, 0.25) is 0 Å². The molecule has 3 N–H and O–H groups in total. The van der Waals surface area contributed by atoms with Crippen molar-refractivity contribution < 1.29 is 24.0 Å². The van der Waals surface area contributed by atoms with E-state index in [9.17, 15) is 19.7 Å². The first-order chi connectivity index (χ1) is 15.0. The van der Waals surface area contributed by atoms with Crippen LogP contribution in [0.5, 0.6) is 0 Å². The van der Waals surface area contributed by atoms with Gasteiger partial charge in [0.1, 0.15) is 5.69 Å². The maximum atomic E-state index is 12.6. The number of nitrogens with zero attached hydrogens (tertiary/aromatic N) is 1. The van der Waals surface area contributed by atoms with Gasteiger partial charge in [-0.05, 0) is 55.5 Å². The number of nitro benzene ring substituents is 1. The fraction of sp³-hybridized carbons (Fsp3) is 0.565. The van der Waals surface area contributed by atoms with Crippen molar-refractivity contribution in [1.29, 1.82) is 0 Å². The Morgan fingerprint density at radius 1 is 1.24 bits per heavy atom. The van der Waals surface area contributed by atoms with Crippen LogP contribution in [-0.2, 0) is 19.1 Å². The van der Waals surface area contributed by atoms with E-state index in [1.165, 1.54) is 14.0 Å². The molecule has 1 rings (SSSR count). The second kappa shape index (κ2) is 11.0. The number of carbonyl (C=O) groups is 2. The monoisotopic (exact) mass is 525 g/mol. The number of hydrogen-bond donors (Lipinski definition) is 2. The van der Waals surface area contributed by atoms with E-state index >= 15 is 0 Å². The minimum Gasteiger partial charge on any atom is -0.467 e. The van der Waals surface area contributed by atoms with Crippen LogP contribution in [0, 0.1) is 34.3 Å². The Labute approximate surface area is 203 Å². The molecule has 1 atom stereocenters. The molecular formula is C23H32BrN3O6. The molecule has 0 radical (unpaired) electrons. The number of benzene rings is 1. The number of ether oxygens (including phenoxy) is 2. The van der Waals surface area contributed by atoms with Gasteiger partial charge >= 0.3 is 5.97 Å². The highest BCUT2D eigenvalue weighted by Gasteiger charge is 2.36. The smallest absolute Gasteiger partial charge is 0.339 e. The fourth-order valence-corrected chi connectivity index (χ4v) is 3.75. The molecular weight excluding hydrogens is 494 g/mol. The van der Waals surface area contributed by atoms with E-state index in [0.717, 1.165) is 6.42 Å². The maximum absolute atomic E-state index is 12.6. The number of amides is 1. The Hall–Kier alpha value is -2.64. The molecule has 0 aliphatic heterocycles. The largest absolute Gasteiger partial charge is 0.467 e. The molecule has 1 amide bonds. The molecule has 0 spiro atoms. The summed E-state index contributed by atoms with van der Waals surface area (Å²) < 4.78 is 11.0. The number of anilines is 1. The molecule has 33 heavy (non-hydrogen) atoms. The fourth-order valence-electron chi connectivity index (χ4n) is 2.93. The molecule has 0 aliphatic carbocycles. The highest BCUT2D eigenvalue weighted by molar-refractivity contribution is 9.10. The molecule has 1 aromatic rings. The molecule has 0 fully saturated rings. The second-order valence-corrected chi connectivity index (χ2v) is 10.5. The predicted molar refractivity (Wildman–Crippen MR) is 130 cm³/mol. The van der Waals surface area contributed by atoms with Gasteiger partial charge in [-0.15, -0.1) is 0 Å². The molecule has 1 aromatic carbocycles. The Kier molecular flexibility index (Phi) is 9.45. The predicted octanol–water partition coefficient (Wildman–Crippen LogP) is 4.18. The molecule has 0 saturated carbocycles. The molecule has 10 heteroatoms. The highest BCUT2D eigenvalue weighted by atomic mass is 79.9. The first-order valence-electron chi connectivity index (χ1n) is 10.3. The van der Waals surface area contributed by atoms with Gasteiger partial charge in [0.25, 0.3) is 11.6 Å². The number of nitrogen functional groups attached to an aromatic ring is 1. The van der Waals surface area contributed by atoms with Gasteiger partial charge in [-0.1, -0.05) is 26.7 Å². The average molecular weight is 526 g/mol. The van der Waals surface area contributed by atoms with Gasteiger partial charge in [-0.25, -0.2) is 4.79 Å². The van der Waals surface area contributed by atoms with E-state index in [1.54, 1.807) is 20.8 Å². The van der Waals surface area contributed by atoms with E-state index in [0.29, 0.717) is 6.54 Å². The lowest BCUT2D eigenvalue weighted by molar-refractivity contribution is -0.384. The lowest BCUT2D eigenvalue weighted by Gasteiger charge is -2.28. The summed E-state index contributed by atoms with van der Waals surface area (Å²) in [5.41, 5.74) is 5.00. The highest BCUT2D eigenvalue weighted by Crippen LogP contribution is 2.43. The van der Waals surface area contributed by atoms with Crippen molar-refractivity contribution in [3.8, 4) is 11.8 Å². The lowest BCUT2D eigenvalue weighted by Crippen LogP contribution is -2.29. The normalized spacial score (nSPS) is 12.4. The van der Waals surface area contributed by atoms with Crippen LogP contribution in [0.15, 0.2) is 4.47 Å². The Morgan fingerprint density at radius 3 is 2.27 bits per heavy atom. The van der Waals surface area contributed by atoms with Gasteiger partial charge in [-0.2, -0.15) is 0 Å². The number of halogens is 1. The van der Waals surface area contributed by atoms with Crippen molar-refractivity contribution in [3.63, 3.8) is 0 Å². The number of rotatable bonds is 6. The number of carbonyl (C=O) groups excluding carboxylic acids is 2. The number of methoxy groups -OCH3 is 1. The van der Waals surface area contributed by atoms with Crippen molar-refractivity contribution >= 4 is 39.2 Å². The van der Waals surface area contributed by atoms with Crippen LogP contribution < -0.4 is 11.1 Å². The molecule has 0 unspecified atom stereocenters.